The summed E-state index contributed by atoms with van der Waals surface area (Å²) >= 11 is 0. The molecule has 0 aliphatic carbocycles. The van der Waals surface area contributed by atoms with Crippen LogP contribution in [0, 0.1) is 13.8 Å². The summed E-state index contributed by atoms with van der Waals surface area (Å²) < 4.78 is 6.95. The second-order valence-corrected chi connectivity index (χ2v) is 5.40. The van der Waals surface area contributed by atoms with Crippen LogP contribution < -0.4 is 0 Å². The largest absolute Gasteiger partial charge is 0.444 e. The number of nitrogens with one attached hydrogen (secondary N) is 1. The highest BCUT2D eigenvalue weighted by Gasteiger charge is 2.15. The van der Waals surface area contributed by atoms with Crippen LogP contribution in [0.3, 0.4) is 0 Å². The van der Waals surface area contributed by atoms with E-state index in [0.29, 0.717) is 0 Å². The van der Waals surface area contributed by atoms with E-state index in [9.17, 15) is 4.79 Å². The van der Waals surface area contributed by atoms with Crippen molar-refractivity contribution in [1.29, 1.82) is 0 Å². The molecule has 4 heteroatoms. The first-order valence-corrected chi connectivity index (χ1v) is 7.19. The predicted molar refractivity (Wildman–Crippen MR) is 85.7 cm³/mol. The fourth-order valence-corrected chi connectivity index (χ4v) is 2.39. The summed E-state index contributed by atoms with van der Waals surface area (Å²) in [4.78, 5) is 15.5. The van der Waals surface area contributed by atoms with Crippen molar-refractivity contribution in [2.45, 2.75) is 20.5 Å². The molecule has 0 aliphatic heterocycles. The Morgan fingerprint density at radius 1 is 1.14 bits per heavy atom. The van der Waals surface area contributed by atoms with Gasteiger partial charge < -0.3 is 9.72 Å². The molecular formula is C18H18N2O2. The van der Waals surface area contributed by atoms with E-state index in [2.05, 4.69) is 4.98 Å². The lowest BCUT2D eigenvalue weighted by atomic mass is 10.2. The van der Waals surface area contributed by atoms with Gasteiger partial charge in [-0.05, 0) is 42.7 Å². The molecule has 0 fully saturated rings. The Hall–Kier alpha value is -2.75. The Labute approximate surface area is 129 Å². The van der Waals surface area contributed by atoms with E-state index in [1.165, 1.54) is 0 Å². The van der Waals surface area contributed by atoms with Crippen molar-refractivity contribution in [2.24, 2.45) is 0 Å². The minimum Gasteiger partial charge on any atom is -0.444 e. The second kappa shape index (κ2) is 5.93. The molecule has 3 rings (SSSR count). The van der Waals surface area contributed by atoms with Gasteiger partial charge in [0.25, 0.3) is 0 Å². The number of aromatic amines is 1. The van der Waals surface area contributed by atoms with E-state index in [0.717, 1.165) is 28.1 Å². The first-order valence-electron chi connectivity index (χ1n) is 7.19. The molecule has 112 valence electrons. The van der Waals surface area contributed by atoms with E-state index in [1.807, 2.05) is 62.5 Å². The van der Waals surface area contributed by atoms with E-state index in [4.69, 9.17) is 4.74 Å². The predicted octanol–water partition coefficient (Wildman–Crippen LogP) is 4.28. The monoisotopic (exact) mass is 294 g/mol. The Morgan fingerprint density at radius 2 is 1.91 bits per heavy atom. The Balaban J connectivity index is 1.81. The highest BCUT2D eigenvalue weighted by molar-refractivity contribution is 5.78. The molecule has 22 heavy (non-hydrogen) atoms. The number of aryl methyl sites for hydroxylation is 2. The third-order valence-corrected chi connectivity index (χ3v) is 3.46. The van der Waals surface area contributed by atoms with Crippen LogP contribution in [-0.4, -0.2) is 15.6 Å². The van der Waals surface area contributed by atoms with Crippen LogP contribution in [-0.2, 0) is 11.3 Å². The van der Waals surface area contributed by atoms with Gasteiger partial charge in [-0.2, -0.15) is 0 Å². The number of rotatable bonds is 3. The zero-order valence-corrected chi connectivity index (χ0v) is 12.7. The van der Waals surface area contributed by atoms with E-state index in [-0.39, 0.29) is 12.7 Å². The molecule has 0 aliphatic rings. The van der Waals surface area contributed by atoms with Crippen LogP contribution >= 0.6 is 0 Å². The molecule has 0 spiro atoms. The summed E-state index contributed by atoms with van der Waals surface area (Å²) in [6, 6.07) is 13.6. The SMILES string of the molecule is Cc1c[nH]c(-c2cc(C)cn2C(=O)OCc2ccccc2)c1. The molecular weight excluding hydrogens is 276 g/mol. The van der Waals surface area contributed by atoms with Gasteiger partial charge in [0.15, 0.2) is 0 Å². The zero-order chi connectivity index (χ0) is 15.5. The number of ether oxygens (including phenoxy) is 1. The normalized spacial score (nSPS) is 10.6. The summed E-state index contributed by atoms with van der Waals surface area (Å²) in [7, 11) is 0. The van der Waals surface area contributed by atoms with Gasteiger partial charge in [-0.25, -0.2) is 4.79 Å². The van der Waals surface area contributed by atoms with Crippen molar-refractivity contribution < 1.29 is 9.53 Å². The Morgan fingerprint density at radius 3 is 2.59 bits per heavy atom. The molecule has 0 bridgehead atoms. The lowest BCUT2D eigenvalue weighted by molar-refractivity contribution is 0.141. The van der Waals surface area contributed by atoms with Gasteiger partial charge in [-0.3, -0.25) is 4.57 Å². The number of hydrogen-bond acceptors (Lipinski definition) is 2. The van der Waals surface area contributed by atoms with Gasteiger partial charge in [-0.1, -0.05) is 30.3 Å². The minimum absolute atomic E-state index is 0.264. The van der Waals surface area contributed by atoms with Crippen LogP contribution in [0.4, 0.5) is 4.79 Å². The second-order valence-electron chi connectivity index (χ2n) is 5.40. The molecule has 4 nitrogen and oxygen atoms in total. The number of aromatic nitrogens is 2. The number of carbonyl (C=O) groups excluding carboxylic acids is 1. The van der Waals surface area contributed by atoms with E-state index >= 15 is 0 Å². The number of hydrogen-bond donors (Lipinski definition) is 1. The summed E-state index contributed by atoms with van der Waals surface area (Å²) in [5, 5.41) is 0. The summed E-state index contributed by atoms with van der Waals surface area (Å²) in [5.41, 5.74) is 4.82. The van der Waals surface area contributed by atoms with Crippen molar-refractivity contribution in [3.8, 4) is 11.4 Å². The zero-order valence-electron chi connectivity index (χ0n) is 12.7. The minimum atomic E-state index is -0.376. The third-order valence-electron chi connectivity index (χ3n) is 3.46. The average molecular weight is 294 g/mol. The molecule has 1 aromatic carbocycles. The van der Waals surface area contributed by atoms with Crippen molar-refractivity contribution in [2.75, 3.05) is 0 Å². The van der Waals surface area contributed by atoms with Gasteiger partial charge in [-0.15, -0.1) is 0 Å². The lowest BCUT2D eigenvalue weighted by Gasteiger charge is -2.08. The standard InChI is InChI=1S/C18H18N2O2/c1-13-8-16(19-10-13)17-9-14(2)11-20(17)18(21)22-12-15-6-4-3-5-7-15/h3-11,19H,12H2,1-2H3. The molecule has 0 saturated heterocycles. The van der Waals surface area contributed by atoms with Crippen molar-refractivity contribution >= 4 is 6.09 Å². The fourth-order valence-electron chi connectivity index (χ4n) is 2.39. The van der Waals surface area contributed by atoms with Crippen molar-refractivity contribution in [3.63, 3.8) is 0 Å². The molecule has 2 heterocycles. The summed E-state index contributed by atoms with van der Waals surface area (Å²) in [5.74, 6) is 0. The molecule has 0 saturated carbocycles. The molecule has 0 atom stereocenters. The Kier molecular flexibility index (Phi) is 3.83. The van der Waals surface area contributed by atoms with Gasteiger partial charge in [0.1, 0.15) is 6.61 Å². The van der Waals surface area contributed by atoms with Crippen LogP contribution in [0.2, 0.25) is 0 Å². The number of nitrogens with zero attached hydrogens (tertiary/aromatic N) is 1. The maximum absolute atomic E-state index is 12.4. The molecule has 0 radical (unpaired) electrons. The highest BCUT2D eigenvalue weighted by atomic mass is 16.5. The van der Waals surface area contributed by atoms with E-state index < -0.39 is 0 Å². The molecule has 1 N–H and O–H groups in total. The highest BCUT2D eigenvalue weighted by Crippen LogP contribution is 2.22. The average Bonchev–Trinajstić information content (AvgIpc) is 3.11. The van der Waals surface area contributed by atoms with Gasteiger partial charge in [0, 0.05) is 12.4 Å². The van der Waals surface area contributed by atoms with Crippen molar-refractivity contribution in [3.05, 3.63) is 71.5 Å². The first-order chi connectivity index (χ1) is 10.6. The molecule has 2 aromatic heterocycles. The van der Waals surface area contributed by atoms with Gasteiger partial charge in [0.05, 0.1) is 11.4 Å². The van der Waals surface area contributed by atoms with Crippen LogP contribution in [0.1, 0.15) is 16.7 Å². The maximum atomic E-state index is 12.4. The first kappa shape index (κ1) is 14.2. The number of H-pyrrole nitrogens is 1. The van der Waals surface area contributed by atoms with Crippen LogP contribution in [0.25, 0.3) is 11.4 Å². The number of benzene rings is 1. The fraction of sp³-hybridized carbons (Fsp3) is 0.167. The van der Waals surface area contributed by atoms with Crippen LogP contribution in [0.15, 0.2) is 54.9 Å². The van der Waals surface area contributed by atoms with Gasteiger partial charge in [0.2, 0.25) is 0 Å². The lowest BCUT2D eigenvalue weighted by Crippen LogP contribution is -2.13. The smallest absolute Gasteiger partial charge is 0.418 e. The van der Waals surface area contributed by atoms with E-state index in [1.54, 1.807) is 10.8 Å². The van der Waals surface area contributed by atoms with Crippen LogP contribution in [0.5, 0.6) is 0 Å². The molecule has 0 unspecified atom stereocenters. The topological polar surface area (TPSA) is 47.0 Å². The molecule has 3 aromatic rings. The summed E-state index contributed by atoms with van der Waals surface area (Å²) in [6.07, 6.45) is 3.33. The number of carbonyl (C=O) groups is 1. The molecule has 0 amide bonds. The maximum Gasteiger partial charge on any atom is 0.418 e. The summed E-state index contributed by atoms with van der Waals surface area (Å²) in [6.45, 7) is 4.23. The third kappa shape index (κ3) is 2.96. The van der Waals surface area contributed by atoms with Crippen molar-refractivity contribution in [1.82, 2.24) is 9.55 Å². The Bertz CT molecular complexity index is 785. The van der Waals surface area contributed by atoms with Gasteiger partial charge >= 0.3 is 6.09 Å². The quantitative estimate of drug-likeness (QED) is 0.783.